The Hall–Kier alpha value is -1.52. The van der Waals surface area contributed by atoms with Crippen LogP contribution in [0, 0.1) is 23.5 Å². The molecule has 2 aliphatic carbocycles. The van der Waals surface area contributed by atoms with Crippen LogP contribution < -0.4 is 0 Å². The van der Waals surface area contributed by atoms with Gasteiger partial charge in [-0.05, 0) is 75.2 Å². The predicted molar refractivity (Wildman–Crippen MR) is 125 cm³/mol. The summed E-state index contributed by atoms with van der Waals surface area (Å²) in [4.78, 5) is 0. The van der Waals surface area contributed by atoms with E-state index in [4.69, 9.17) is 9.47 Å². The molecular weight excluding hydrogens is 406 g/mol. The maximum absolute atomic E-state index is 14.6. The van der Waals surface area contributed by atoms with Gasteiger partial charge in [0.05, 0.1) is 12.7 Å². The highest BCUT2D eigenvalue weighted by Gasteiger charge is 2.31. The molecule has 4 heteroatoms. The molecule has 2 atom stereocenters. The normalized spacial score (nSPS) is 28.2. The van der Waals surface area contributed by atoms with E-state index >= 15 is 0 Å². The fourth-order valence-corrected chi connectivity index (χ4v) is 5.12. The summed E-state index contributed by atoms with van der Waals surface area (Å²) >= 11 is 0. The Balaban J connectivity index is 1.19. The molecule has 1 saturated carbocycles. The first-order valence-electron chi connectivity index (χ1n) is 12.7. The van der Waals surface area contributed by atoms with Gasteiger partial charge >= 0.3 is 0 Å². The van der Waals surface area contributed by atoms with Crippen LogP contribution in [0.15, 0.2) is 30.4 Å². The molecule has 1 aromatic carbocycles. The lowest BCUT2D eigenvalue weighted by Gasteiger charge is -2.29. The quantitative estimate of drug-likeness (QED) is 0.208. The van der Waals surface area contributed by atoms with Crippen molar-refractivity contribution in [3.63, 3.8) is 0 Å². The molecule has 176 valence electrons. The smallest absolute Gasteiger partial charge is 0.166 e. The van der Waals surface area contributed by atoms with E-state index in [1.165, 1.54) is 51.4 Å². The van der Waals surface area contributed by atoms with E-state index in [0.29, 0.717) is 23.7 Å². The molecule has 0 aromatic heterocycles. The van der Waals surface area contributed by atoms with Crippen molar-refractivity contribution >= 4 is 5.57 Å². The molecule has 0 bridgehead atoms. The van der Waals surface area contributed by atoms with Crippen LogP contribution in [-0.2, 0) is 9.47 Å². The van der Waals surface area contributed by atoms with Crippen LogP contribution in [0.5, 0.6) is 0 Å². The van der Waals surface area contributed by atoms with Crippen molar-refractivity contribution in [3.05, 3.63) is 53.1 Å². The fraction of sp³-hybridized carbons (Fsp3) is 0.643. The number of unbranched alkanes of at least 4 members (excludes halogenated alkanes) is 3. The molecule has 4 rings (SSSR count). The molecular formula is C28H38F2O2. The number of hydrogen-bond donors (Lipinski definition) is 0. The summed E-state index contributed by atoms with van der Waals surface area (Å²) in [6.45, 7) is 3.56. The minimum atomic E-state index is -0.754. The molecule has 0 spiro atoms. The van der Waals surface area contributed by atoms with Gasteiger partial charge in [0, 0.05) is 17.7 Å². The van der Waals surface area contributed by atoms with Gasteiger partial charge in [-0.15, -0.1) is 0 Å². The van der Waals surface area contributed by atoms with Crippen molar-refractivity contribution in [1.82, 2.24) is 0 Å². The minimum Gasteiger partial charge on any atom is -0.378 e. The monoisotopic (exact) mass is 444 g/mol. The van der Waals surface area contributed by atoms with Crippen LogP contribution in [0.4, 0.5) is 8.78 Å². The third kappa shape index (κ3) is 6.29. The molecule has 2 nitrogen and oxygen atoms in total. The highest BCUT2D eigenvalue weighted by Crippen LogP contribution is 2.37. The number of benzene rings is 1. The molecule has 0 N–H and O–H groups in total. The lowest BCUT2D eigenvalue weighted by atomic mass is 9.82. The van der Waals surface area contributed by atoms with E-state index in [9.17, 15) is 8.78 Å². The number of allylic oxidation sites excluding steroid dienone is 3. The van der Waals surface area contributed by atoms with Crippen molar-refractivity contribution < 1.29 is 18.3 Å². The highest BCUT2D eigenvalue weighted by atomic mass is 19.2. The molecule has 0 radical (unpaired) electrons. The second-order valence-electron chi connectivity index (χ2n) is 9.82. The van der Waals surface area contributed by atoms with Crippen LogP contribution in [0.25, 0.3) is 5.57 Å². The van der Waals surface area contributed by atoms with Crippen molar-refractivity contribution in [2.75, 3.05) is 13.2 Å². The largest absolute Gasteiger partial charge is 0.378 e. The fourth-order valence-electron chi connectivity index (χ4n) is 5.12. The number of epoxide rings is 1. The maximum Gasteiger partial charge on any atom is 0.166 e. The zero-order valence-electron chi connectivity index (χ0n) is 19.5. The first-order chi connectivity index (χ1) is 15.7. The van der Waals surface area contributed by atoms with Crippen LogP contribution in [-0.4, -0.2) is 19.3 Å². The van der Waals surface area contributed by atoms with Crippen LogP contribution in [0.3, 0.4) is 0 Å². The van der Waals surface area contributed by atoms with Gasteiger partial charge in [-0.25, -0.2) is 8.78 Å². The SMILES string of the molecule is CCCCC/C=C/C1CCC(COC2CC=C(c3ccc(C4CO4)c(F)c3F)CC2)CC1. The summed E-state index contributed by atoms with van der Waals surface area (Å²) in [5.74, 6) is -0.0782. The van der Waals surface area contributed by atoms with Crippen molar-refractivity contribution in [1.29, 1.82) is 0 Å². The summed E-state index contributed by atoms with van der Waals surface area (Å²) < 4.78 is 40.3. The first-order valence-corrected chi connectivity index (χ1v) is 12.7. The second-order valence-corrected chi connectivity index (χ2v) is 9.82. The highest BCUT2D eigenvalue weighted by molar-refractivity contribution is 5.67. The molecule has 2 fully saturated rings. The first kappa shape index (κ1) is 23.6. The van der Waals surface area contributed by atoms with Crippen LogP contribution in [0.2, 0.25) is 0 Å². The van der Waals surface area contributed by atoms with Crippen LogP contribution in [0.1, 0.15) is 94.8 Å². The Morgan fingerprint density at radius 1 is 1.06 bits per heavy atom. The summed E-state index contributed by atoms with van der Waals surface area (Å²) in [6.07, 6.45) is 19.4. The van der Waals surface area contributed by atoms with Gasteiger partial charge in [0.25, 0.3) is 0 Å². The Morgan fingerprint density at radius 2 is 1.88 bits per heavy atom. The third-order valence-corrected chi connectivity index (χ3v) is 7.34. The van der Waals surface area contributed by atoms with Gasteiger partial charge in [-0.3, -0.25) is 0 Å². The summed E-state index contributed by atoms with van der Waals surface area (Å²) in [5, 5.41) is 0. The summed E-state index contributed by atoms with van der Waals surface area (Å²) in [5.41, 5.74) is 1.63. The van der Waals surface area contributed by atoms with Gasteiger partial charge in [0.2, 0.25) is 0 Å². The molecule has 1 aromatic rings. The Bertz CT molecular complexity index is 804. The van der Waals surface area contributed by atoms with Crippen molar-refractivity contribution in [2.24, 2.45) is 11.8 Å². The number of rotatable bonds is 10. The summed E-state index contributed by atoms with van der Waals surface area (Å²) in [6, 6.07) is 3.38. The topological polar surface area (TPSA) is 21.8 Å². The Labute approximate surface area is 192 Å². The molecule has 0 amide bonds. The predicted octanol–water partition coefficient (Wildman–Crippen LogP) is 7.93. The van der Waals surface area contributed by atoms with Gasteiger partial charge in [-0.1, -0.05) is 50.1 Å². The van der Waals surface area contributed by atoms with Crippen LogP contribution >= 0.6 is 0 Å². The average Bonchev–Trinajstić information content (AvgIpc) is 3.66. The van der Waals surface area contributed by atoms with E-state index in [1.807, 2.05) is 6.08 Å². The zero-order chi connectivity index (χ0) is 22.3. The van der Waals surface area contributed by atoms with E-state index in [1.54, 1.807) is 12.1 Å². The van der Waals surface area contributed by atoms with Crippen molar-refractivity contribution in [3.8, 4) is 0 Å². The summed E-state index contributed by atoms with van der Waals surface area (Å²) in [7, 11) is 0. The third-order valence-electron chi connectivity index (χ3n) is 7.34. The molecule has 3 aliphatic rings. The molecule has 1 aliphatic heterocycles. The molecule has 32 heavy (non-hydrogen) atoms. The lowest BCUT2D eigenvalue weighted by molar-refractivity contribution is 0.0149. The second kappa shape index (κ2) is 11.6. The Kier molecular flexibility index (Phi) is 8.54. The van der Waals surface area contributed by atoms with Gasteiger partial charge in [-0.2, -0.15) is 0 Å². The van der Waals surface area contributed by atoms with E-state index in [0.717, 1.165) is 37.4 Å². The van der Waals surface area contributed by atoms with Gasteiger partial charge in [0.15, 0.2) is 11.6 Å². The molecule has 1 heterocycles. The van der Waals surface area contributed by atoms with E-state index in [-0.39, 0.29) is 12.2 Å². The Morgan fingerprint density at radius 3 is 2.56 bits per heavy atom. The lowest BCUT2D eigenvalue weighted by Crippen LogP contribution is -2.23. The van der Waals surface area contributed by atoms with Gasteiger partial charge < -0.3 is 9.47 Å². The zero-order valence-corrected chi connectivity index (χ0v) is 19.5. The minimum absolute atomic E-state index is 0.196. The standard InChI is InChI=1S/C28H38F2O2/c1-2-3-4-5-6-7-20-8-10-21(11-9-20)18-31-23-14-12-22(13-15-23)24-16-17-25(26-19-32-26)28(30)27(24)29/h6-7,12,16-17,20-21,23,26H,2-5,8-11,13-15,18-19H2,1H3/b7-6+. The number of hydrogen-bond acceptors (Lipinski definition) is 2. The van der Waals surface area contributed by atoms with E-state index < -0.39 is 11.6 Å². The maximum atomic E-state index is 14.6. The van der Waals surface area contributed by atoms with Crippen molar-refractivity contribution in [2.45, 2.75) is 89.8 Å². The number of ether oxygens (including phenoxy) is 2. The molecule has 2 unspecified atom stereocenters. The van der Waals surface area contributed by atoms with Gasteiger partial charge in [0.1, 0.15) is 6.10 Å². The molecule has 1 saturated heterocycles. The number of halogens is 2. The average molecular weight is 445 g/mol. The van der Waals surface area contributed by atoms with E-state index in [2.05, 4.69) is 19.1 Å².